The molecule has 2 N–H and O–H groups in total. The van der Waals surface area contributed by atoms with E-state index in [1.807, 2.05) is 18.2 Å². The first kappa shape index (κ1) is 15.0. The highest BCUT2D eigenvalue weighted by molar-refractivity contribution is 5.96. The summed E-state index contributed by atoms with van der Waals surface area (Å²) in [4.78, 5) is 12.6. The van der Waals surface area contributed by atoms with Gasteiger partial charge < -0.3 is 10.6 Å². The molecule has 0 spiro atoms. The van der Waals surface area contributed by atoms with Gasteiger partial charge in [0.05, 0.1) is 0 Å². The first-order valence-electron chi connectivity index (χ1n) is 7.51. The minimum atomic E-state index is -0.0185. The number of piperidine rings is 1. The van der Waals surface area contributed by atoms with Gasteiger partial charge in [0.25, 0.3) is 5.91 Å². The summed E-state index contributed by atoms with van der Waals surface area (Å²) < 4.78 is 0. The van der Waals surface area contributed by atoms with Crippen LogP contribution in [-0.4, -0.2) is 24.5 Å². The third-order valence-corrected chi connectivity index (χ3v) is 3.94. The van der Waals surface area contributed by atoms with Crippen molar-refractivity contribution >= 4 is 5.91 Å². The van der Waals surface area contributed by atoms with E-state index in [9.17, 15) is 4.79 Å². The van der Waals surface area contributed by atoms with Crippen LogP contribution in [0.5, 0.6) is 0 Å². The van der Waals surface area contributed by atoms with Crippen molar-refractivity contribution in [3.8, 4) is 0 Å². The zero-order chi connectivity index (χ0) is 14.8. The Morgan fingerprint density at radius 2 is 2.00 bits per heavy atom. The number of carbonyl (C=O) groups excluding carboxylic acids is 1. The van der Waals surface area contributed by atoms with Crippen molar-refractivity contribution in [1.82, 2.24) is 10.6 Å². The molecule has 1 amide bonds. The molecule has 0 radical (unpaired) electrons. The third kappa shape index (κ3) is 3.60. The highest BCUT2D eigenvalue weighted by Crippen LogP contribution is 2.25. The second kappa shape index (κ2) is 5.96. The van der Waals surface area contributed by atoms with E-state index in [-0.39, 0.29) is 17.4 Å². The van der Waals surface area contributed by atoms with Gasteiger partial charge in [0.2, 0.25) is 0 Å². The van der Waals surface area contributed by atoms with Gasteiger partial charge in [-0.1, -0.05) is 39.0 Å². The average molecular weight is 274 g/mol. The van der Waals surface area contributed by atoms with Crippen molar-refractivity contribution in [1.29, 1.82) is 0 Å². The van der Waals surface area contributed by atoms with E-state index >= 15 is 0 Å². The number of hydrogen-bond acceptors (Lipinski definition) is 2. The molecule has 3 heteroatoms. The van der Waals surface area contributed by atoms with Crippen molar-refractivity contribution in [3.63, 3.8) is 0 Å². The molecule has 1 aliphatic rings. The van der Waals surface area contributed by atoms with Crippen molar-refractivity contribution in [2.45, 2.75) is 58.0 Å². The van der Waals surface area contributed by atoms with Crippen LogP contribution in [0, 0.1) is 0 Å². The van der Waals surface area contributed by atoms with E-state index in [0.29, 0.717) is 6.04 Å². The molecular weight excluding hydrogens is 248 g/mol. The van der Waals surface area contributed by atoms with Gasteiger partial charge in [0, 0.05) is 17.6 Å². The molecule has 20 heavy (non-hydrogen) atoms. The lowest BCUT2D eigenvalue weighted by atomic mass is 9.83. The van der Waals surface area contributed by atoms with Gasteiger partial charge in [-0.3, -0.25) is 4.79 Å². The Balaban J connectivity index is 2.13. The lowest BCUT2D eigenvalue weighted by Gasteiger charge is -2.29. The molecule has 0 aromatic heterocycles. The summed E-state index contributed by atoms with van der Waals surface area (Å²) in [7, 11) is 0. The van der Waals surface area contributed by atoms with Gasteiger partial charge in [-0.25, -0.2) is 0 Å². The second-order valence-electron chi connectivity index (χ2n) is 6.85. The largest absolute Gasteiger partial charge is 0.349 e. The second-order valence-corrected chi connectivity index (χ2v) is 6.85. The molecule has 0 aliphatic carbocycles. The number of amides is 1. The fraction of sp³-hybridized carbons (Fsp3) is 0.588. The first-order chi connectivity index (χ1) is 9.38. The molecule has 2 unspecified atom stereocenters. The molecular formula is C17H26N2O. The number of rotatable bonds is 2. The average Bonchev–Trinajstić information content (AvgIpc) is 2.37. The monoisotopic (exact) mass is 274 g/mol. The fourth-order valence-corrected chi connectivity index (χ4v) is 2.86. The Kier molecular flexibility index (Phi) is 4.48. The van der Waals surface area contributed by atoms with Crippen molar-refractivity contribution in [2.24, 2.45) is 0 Å². The quantitative estimate of drug-likeness (QED) is 0.870. The van der Waals surface area contributed by atoms with E-state index in [0.717, 1.165) is 30.5 Å². The fourth-order valence-electron chi connectivity index (χ4n) is 2.86. The SMILES string of the molecule is CC1CC(NC(=O)c2ccccc2C(C)(C)C)CCN1. The molecule has 1 aromatic carbocycles. The molecule has 3 nitrogen and oxygen atoms in total. The van der Waals surface area contributed by atoms with E-state index in [2.05, 4.69) is 44.4 Å². The molecule has 1 aliphatic heterocycles. The lowest BCUT2D eigenvalue weighted by Crippen LogP contribution is -2.46. The van der Waals surface area contributed by atoms with Gasteiger partial charge in [-0.2, -0.15) is 0 Å². The Hall–Kier alpha value is -1.35. The van der Waals surface area contributed by atoms with Gasteiger partial charge in [0.15, 0.2) is 0 Å². The van der Waals surface area contributed by atoms with Crippen LogP contribution in [0.4, 0.5) is 0 Å². The summed E-state index contributed by atoms with van der Waals surface area (Å²) in [5, 5.41) is 6.61. The third-order valence-electron chi connectivity index (χ3n) is 3.94. The highest BCUT2D eigenvalue weighted by Gasteiger charge is 2.24. The van der Waals surface area contributed by atoms with Gasteiger partial charge in [-0.15, -0.1) is 0 Å². The lowest BCUT2D eigenvalue weighted by molar-refractivity contribution is 0.0923. The van der Waals surface area contributed by atoms with Crippen LogP contribution in [-0.2, 0) is 5.41 Å². The summed E-state index contributed by atoms with van der Waals surface area (Å²) in [5.74, 6) is 0.0645. The van der Waals surface area contributed by atoms with Gasteiger partial charge in [0.1, 0.15) is 0 Å². The Bertz CT molecular complexity index is 476. The molecule has 0 bridgehead atoms. The Labute approximate surface area is 122 Å². The summed E-state index contributed by atoms with van der Waals surface area (Å²) in [6, 6.07) is 8.69. The summed E-state index contributed by atoms with van der Waals surface area (Å²) in [6.45, 7) is 9.58. The number of carbonyl (C=O) groups is 1. The first-order valence-corrected chi connectivity index (χ1v) is 7.51. The molecule has 2 rings (SSSR count). The number of benzene rings is 1. The zero-order valence-electron chi connectivity index (χ0n) is 13.0. The topological polar surface area (TPSA) is 41.1 Å². The van der Waals surface area contributed by atoms with Crippen LogP contribution < -0.4 is 10.6 Å². The maximum atomic E-state index is 12.6. The van der Waals surface area contributed by atoms with Gasteiger partial charge in [-0.05, 0) is 43.4 Å². The highest BCUT2D eigenvalue weighted by atomic mass is 16.1. The van der Waals surface area contributed by atoms with E-state index < -0.39 is 0 Å². The van der Waals surface area contributed by atoms with Crippen LogP contribution in [0.1, 0.15) is 56.5 Å². The molecule has 1 aromatic rings. The van der Waals surface area contributed by atoms with Crippen LogP contribution >= 0.6 is 0 Å². The Morgan fingerprint density at radius 1 is 1.30 bits per heavy atom. The maximum Gasteiger partial charge on any atom is 0.251 e. The smallest absolute Gasteiger partial charge is 0.251 e. The van der Waals surface area contributed by atoms with Crippen molar-refractivity contribution in [3.05, 3.63) is 35.4 Å². The van der Waals surface area contributed by atoms with E-state index in [1.165, 1.54) is 0 Å². The molecule has 1 fully saturated rings. The number of hydrogen-bond donors (Lipinski definition) is 2. The molecule has 0 saturated carbocycles. The van der Waals surface area contributed by atoms with Crippen LogP contribution in [0.2, 0.25) is 0 Å². The van der Waals surface area contributed by atoms with Crippen molar-refractivity contribution in [2.75, 3.05) is 6.54 Å². The van der Waals surface area contributed by atoms with Gasteiger partial charge >= 0.3 is 0 Å². The predicted octanol–water partition coefficient (Wildman–Crippen LogP) is 2.85. The van der Waals surface area contributed by atoms with E-state index in [1.54, 1.807) is 0 Å². The zero-order valence-corrected chi connectivity index (χ0v) is 13.0. The molecule has 1 saturated heterocycles. The predicted molar refractivity (Wildman–Crippen MR) is 83.1 cm³/mol. The summed E-state index contributed by atoms with van der Waals surface area (Å²) >= 11 is 0. The summed E-state index contributed by atoms with van der Waals surface area (Å²) in [5.41, 5.74) is 1.90. The molecule has 2 atom stereocenters. The maximum absolute atomic E-state index is 12.6. The molecule has 1 heterocycles. The standard InChI is InChI=1S/C17H26N2O/c1-12-11-13(9-10-18-12)19-16(20)14-7-5-6-8-15(14)17(2,3)4/h5-8,12-13,18H,9-11H2,1-4H3,(H,19,20). The minimum Gasteiger partial charge on any atom is -0.349 e. The normalized spacial score (nSPS) is 23.4. The van der Waals surface area contributed by atoms with Crippen LogP contribution in [0.3, 0.4) is 0 Å². The summed E-state index contributed by atoms with van der Waals surface area (Å²) in [6.07, 6.45) is 2.01. The van der Waals surface area contributed by atoms with Crippen LogP contribution in [0.15, 0.2) is 24.3 Å². The number of nitrogens with one attached hydrogen (secondary N) is 2. The van der Waals surface area contributed by atoms with Crippen molar-refractivity contribution < 1.29 is 4.79 Å². The minimum absolute atomic E-state index is 0.0185. The van der Waals surface area contributed by atoms with Crippen LogP contribution in [0.25, 0.3) is 0 Å². The Morgan fingerprint density at radius 3 is 2.65 bits per heavy atom. The van der Waals surface area contributed by atoms with E-state index in [4.69, 9.17) is 0 Å². The molecule has 110 valence electrons.